The molecule has 18 rings (SSSR count). The van der Waals surface area contributed by atoms with Crippen molar-refractivity contribution >= 4 is 155 Å². The average molecular weight is 981 g/mol. The smallest absolute Gasteiger partial charge is 0.252 e. The first-order valence-electron chi connectivity index (χ1n) is 26.4. The number of fused-ring (bicyclic) bond motifs is 18. The number of hydrogen-bond donors (Lipinski definition) is 0. The van der Waals surface area contributed by atoms with E-state index in [-0.39, 0.29) is 6.71 Å². The Kier molecular flexibility index (Phi) is 8.12. The van der Waals surface area contributed by atoms with Crippen molar-refractivity contribution in [3.05, 3.63) is 249 Å². The molecule has 0 spiro atoms. The maximum Gasteiger partial charge on any atom is 0.252 e. The number of furan rings is 2. The predicted molar refractivity (Wildman–Crippen MR) is 321 cm³/mol. The standard InChI is InChI=1S/C70H41BN4O2/c1-3-20-43(21-4-1)72-54-29-13-9-25-46(54)50-38-60-52(40-58(50)72)71-53-41-59-51(47-26-10-14-30-55(47)73(59)44-22-5-2-6-23-44)39-61(53)75(57-32-18-36-66-68(57)49-28-12-16-34-64(49)77-66)70-45-24-8-7-19-42(45)37-62(69(70)71)74(60)56-31-17-35-65-67(56)48-27-11-15-33-63(48)76-65/h1-41H. The van der Waals surface area contributed by atoms with Crippen molar-refractivity contribution in [2.24, 2.45) is 0 Å². The fourth-order valence-electron chi connectivity index (χ4n) is 13.8. The zero-order chi connectivity index (χ0) is 50.0. The largest absolute Gasteiger partial charge is 0.456 e. The highest BCUT2D eigenvalue weighted by Crippen LogP contribution is 2.53. The first kappa shape index (κ1) is 41.2. The van der Waals surface area contributed by atoms with Crippen LogP contribution in [0.1, 0.15) is 0 Å². The Hall–Kier alpha value is -10.2. The van der Waals surface area contributed by atoms with Crippen LogP contribution in [0.3, 0.4) is 0 Å². The lowest BCUT2D eigenvalue weighted by atomic mass is 9.33. The minimum Gasteiger partial charge on any atom is -0.456 e. The zero-order valence-corrected chi connectivity index (χ0v) is 41.4. The molecule has 0 unspecified atom stereocenters. The van der Waals surface area contributed by atoms with Gasteiger partial charge in [-0.15, -0.1) is 0 Å². The van der Waals surface area contributed by atoms with Gasteiger partial charge in [-0.25, -0.2) is 0 Å². The van der Waals surface area contributed by atoms with Gasteiger partial charge >= 0.3 is 0 Å². The number of benzene rings is 12. The van der Waals surface area contributed by atoms with Gasteiger partial charge in [0.1, 0.15) is 22.3 Å². The average Bonchev–Trinajstić information content (AvgIpc) is 4.39. The van der Waals surface area contributed by atoms with Crippen molar-refractivity contribution in [2.75, 3.05) is 9.80 Å². The van der Waals surface area contributed by atoms with Crippen LogP contribution in [0.25, 0.3) is 110 Å². The quantitative estimate of drug-likeness (QED) is 0.165. The minimum atomic E-state index is -0.221. The summed E-state index contributed by atoms with van der Waals surface area (Å²) >= 11 is 0. The second-order valence-electron chi connectivity index (χ2n) is 20.7. The molecule has 2 aliphatic heterocycles. The van der Waals surface area contributed by atoms with Crippen LogP contribution >= 0.6 is 0 Å². The fraction of sp³-hybridized carbons (Fsp3) is 0. The van der Waals surface area contributed by atoms with Crippen molar-refractivity contribution in [1.29, 1.82) is 0 Å². The van der Waals surface area contributed by atoms with Gasteiger partial charge in [0.15, 0.2) is 0 Å². The number of anilines is 6. The Morgan fingerprint density at radius 3 is 1.29 bits per heavy atom. The van der Waals surface area contributed by atoms with E-state index in [1.54, 1.807) is 0 Å². The molecule has 12 aromatic carbocycles. The molecular formula is C70H41BN4O2. The molecular weight excluding hydrogens is 940 g/mol. The van der Waals surface area contributed by atoms with E-state index in [1.165, 1.54) is 54.4 Å². The third kappa shape index (κ3) is 5.49. The van der Waals surface area contributed by atoms with Crippen LogP contribution in [0.4, 0.5) is 34.1 Å². The third-order valence-corrected chi connectivity index (χ3v) is 16.8. The minimum absolute atomic E-state index is 0.221. The Balaban J connectivity index is 1.06. The van der Waals surface area contributed by atoms with Crippen molar-refractivity contribution in [2.45, 2.75) is 0 Å². The molecule has 0 aliphatic carbocycles. The van der Waals surface area contributed by atoms with Gasteiger partial charge in [-0.05, 0) is 125 Å². The first-order valence-corrected chi connectivity index (χ1v) is 26.4. The second-order valence-corrected chi connectivity index (χ2v) is 20.7. The van der Waals surface area contributed by atoms with Crippen LogP contribution in [0.15, 0.2) is 258 Å². The van der Waals surface area contributed by atoms with Crippen molar-refractivity contribution < 1.29 is 8.83 Å². The highest BCUT2D eigenvalue weighted by atomic mass is 16.3. The van der Waals surface area contributed by atoms with Crippen molar-refractivity contribution in [3.8, 4) is 11.4 Å². The summed E-state index contributed by atoms with van der Waals surface area (Å²) in [5, 5.41) is 11.4. The Bertz CT molecular complexity index is 5150. The molecule has 6 nitrogen and oxygen atoms in total. The van der Waals surface area contributed by atoms with E-state index < -0.39 is 0 Å². The summed E-state index contributed by atoms with van der Waals surface area (Å²) in [5.74, 6) is 0. The number of nitrogens with zero attached hydrogens (tertiary/aromatic N) is 4. The monoisotopic (exact) mass is 980 g/mol. The summed E-state index contributed by atoms with van der Waals surface area (Å²) in [6.07, 6.45) is 0. The summed E-state index contributed by atoms with van der Waals surface area (Å²) in [6.45, 7) is -0.221. The van der Waals surface area contributed by atoms with E-state index in [2.05, 4.69) is 268 Å². The lowest BCUT2D eigenvalue weighted by Crippen LogP contribution is -2.61. The van der Waals surface area contributed by atoms with Gasteiger partial charge in [0.05, 0.1) is 49.9 Å². The lowest BCUT2D eigenvalue weighted by Gasteiger charge is -2.45. The van der Waals surface area contributed by atoms with Gasteiger partial charge in [0.25, 0.3) is 6.71 Å². The Morgan fingerprint density at radius 1 is 0.286 bits per heavy atom. The summed E-state index contributed by atoms with van der Waals surface area (Å²) in [5.41, 5.74) is 20.7. The molecule has 0 radical (unpaired) electrons. The maximum absolute atomic E-state index is 6.76. The van der Waals surface area contributed by atoms with Crippen LogP contribution in [0.5, 0.6) is 0 Å². The van der Waals surface area contributed by atoms with E-state index >= 15 is 0 Å². The van der Waals surface area contributed by atoms with Gasteiger partial charge in [-0.1, -0.05) is 146 Å². The molecule has 356 valence electrons. The molecule has 4 aromatic heterocycles. The first-order chi connectivity index (χ1) is 38.2. The van der Waals surface area contributed by atoms with Gasteiger partial charge in [0, 0.05) is 66.1 Å². The zero-order valence-electron chi connectivity index (χ0n) is 41.4. The summed E-state index contributed by atoms with van der Waals surface area (Å²) in [6, 6.07) is 91.1. The van der Waals surface area contributed by atoms with Crippen molar-refractivity contribution in [1.82, 2.24) is 9.13 Å². The van der Waals surface area contributed by atoms with Crippen LogP contribution in [0, 0.1) is 0 Å². The predicted octanol–water partition coefficient (Wildman–Crippen LogP) is 16.9. The van der Waals surface area contributed by atoms with Crippen LogP contribution in [-0.4, -0.2) is 15.8 Å². The van der Waals surface area contributed by atoms with Gasteiger partial charge in [-0.3, -0.25) is 0 Å². The Morgan fingerprint density at radius 2 is 0.727 bits per heavy atom. The highest BCUT2D eigenvalue weighted by Gasteiger charge is 2.46. The molecule has 0 saturated heterocycles. The molecule has 0 bridgehead atoms. The molecule has 0 atom stereocenters. The van der Waals surface area contributed by atoms with Gasteiger partial charge < -0.3 is 27.8 Å². The lowest BCUT2D eigenvalue weighted by molar-refractivity contribution is 0.668. The van der Waals surface area contributed by atoms with Crippen LogP contribution in [0.2, 0.25) is 0 Å². The highest BCUT2D eigenvalue weighted by molar-refractivity contribution is 7.01. The van der Waals surface area contributed by atoms with Crippen molar-refractivity contribution in [3.63, 3.8) is 0 Å². The summed E-state index contributed by atoms with van der Waals surface area (Å²) in [7, 11) is 0. The second kappa shape index (κ2) is 15.2. The molecule has 0 amide bonds. The molecule has 7 heteroatoms. The SMILES string of the molecule is c1ccc(-n2c3ccccc3c3cc4c(cc32)B2c3cc5c(cc3N(c3cccc6oc7ccccc7c36)c3c2c(cc2ccccc32)N4c2cccc3oc4ccccc4c23)c2ccccc2n5-c2ccccc2)cc1. The maximum atomic E-state index is 6.76. The number of para-hydroxylation sites is 6. The number of hydrogen-bond acceptors (Lipinski definition) is 4. The molecule has 0 fully saturated rings. The third-order valence-electron chi connectivity index (χ3n) is 16.8. The van der Waals surface area contributed by atoms with E-state index in [9.17, 15) is 0 Å². The van der Waals surface area contributed by atoms with E-state index in [0.29, 0.717) is 0 Å². The fourth-order valence-corrected chi connectivity index (χ4v) is 13.8. The normalized spacial score (nSPS) is 13.1. The molecule has 0 N–H and O–H groups in total. The molecule has 2 aliphatic rings. The molecule has 16 aromatic rings. The van der Waals surface area contributed by atoms with E-state index in [0.717, 1.165) is 106 Å². The van der Waals surface area contributed by atoms with Crippen LogP contribution in [-0.2, 0) is 0 Å². The Labute approximate surface area is 441 Å². The topological polar surface area (TPSA) is 42.6 Å². The molecule has 0 saturated carbocycles. The van der Waals surface area contributed by atoms with E-state index in [4.69, 9.17) is 8.83 Å². The van der Waals surface area contributed by atoms with Crippen LogP contribution < -0.4 is 26.2 Å². The van der Waals surface area contributed by atoms with Gasteiger partial charge in [-0.2, -0.15) is 0 Å². The number of rotatable bonds is 4. The molecule has 77 heavy (non-hydrogen) atoms. The number of aromatic nitrogens is 2. The van der Waals surface area contributed by atoms with E-state index in [1.807, 2.05) is 0 Å². The summed E-state index contributed by atoms with van der Waals surface area (Å²) < 4.78 is 18.4. The van der Waals surface area contributed by atoms with Gasteiger partial charge in [0.2, 0.25) is 0 Å². The molecule has 6 heterocycles. The summed E-state index contributed by atoms with van der Waals surface area (Å²) in [4.78, 5) is 5.17.